The van der Waals surface area contributed by atoms with E-state index in [4.69, 9.17) is 0 Å². The lowest BCUT2D eigenvalue weighted by Gasteiger charge is -2.44. The molecule has 1 atom stereocenters. The van der Waals surface area contributed by atoms with Crippen molar-refractivity contribution in [3.05, 3.63) is 0 Å². The molecule has 0 bridgehead atoms. The minimum absolute atomic E-state index is 0.498. The zero-order valence-electron chi connectivity index (χ0n) is 9.83. The second-order valence-electron chi connectivity index (χ2n) is 4.90. The monoisotopic (exact) mass is 170 g/mol. The molecule has 0 aromatic heterocycles. The van der Waals surface area contributed by atoms with E-state index >= 15 is 0 Å². The summed E-state index contributed by atoms with van der Waals surface area (Å²) in [6, 6.07) is 0. The first kappa shape index (κ1) is 12.0. The molecule has 0 fully saturated rings. The molecule has 0 aliphatic heterocycles. The molecule has 0 saturated heterocycles. The molecule has 0 radical (unpaired) electrons. The first-order valence-electron chi connectivity index (χ1n) is 5.43. The molecule has 0 aliphatic rings. The van der Waals surface area contributed by atoms with Gasteiger partial charge in [-0.3, -0.25) is 0 Å². The normalized spacial score (nSPS) is 17.5. The Morgan fingerprint density at radius 3 is 1.58 bits per heavy atom. The topological polar surface area (TPSA) is 0 Å². The largest absolute Gasteiger partial charge is 0.0654 e. The summed E-state index contributed by atoms with van der Waals surface area (Å²) in [6.07, 6.45) is 5.27. The molecule has 0 amide bonds. The van der Waals surface area contributed by atoms with Crippen LogP contribution >= 0.6 is 0 Å². The highest BCUT2D eigenvalue weighted by Crippen LogP contribution is 2.47. The molecule has 0 nitrogen and oxygen atoms in total. The average molecular weight is 170 g/mol. The van der Waals surface area contributed by atoms with Crippen LogP contribution in [0.15, 0.2) is 0 Å². The van der Waals surface area contributed by atoms with E-state index < -0.39 is 0 Å². The van der Waals surface area contributed by atoms with Gasteiger partial charge in [0.15, 0.2) is 0 Å². The Hall–Kier alpha value is 0. The Labute approximate surface area is 78.8 Å². The third kappa shape index (κ3) is 2.24. The Balaban J connectivity index is 4.49. The van der Waals surface area contributed by atoms with Crippen LogP contribution in [-0.4, -0.2) is 0 Å². The van der Waals surface area contributed by atoms with Gasteiger partial charge in [0.2, 0.25) is 0 Å². The Bertz CT molecular complexity index is 124. The van der Waals surface area contributed by atoms with Crippen LogP contribution in [0.2, 0.25) is 0 Å². The third-order valence-corrected chi connectivity index (χ3v) is 4.10. The minimum atomic E-state index is 0.498. The molecule has 0 aliphatic carbocycles. The van der Waals surface area contributed by atoms with Crippen molar-refractivity contribution >= 4 is 0 Å². The molecule has 0 heterocycles. The molecule has 0 N–H and O–H groups in total. The van der Waals surface area contributed by atoms with Crippen LogP contribution in [0.3, 0.4) is 0 Å². The van der Waals surface area contributed by atoms with Gasteiger partial charge in [0.1, 0.15) is 0 Å². The predicted molar refractivity (Wildman–Crippen MR) is 57.4 cm³/mol. The molecular formula is C12H26. The Kier molecular flexibility index (Phi) is 4.30. The van der Waals surface area contributed by atoms with E-state index in [9.17, 15) is 0 Å². The van der Waals surface area contributed by atoms with Gasteiger partial charge in [0.25, 0.3) is 0 Å². The molecule has 0 heteroatoms. The zero-order chi connectivity index (χ0) is 9.83. The number of hydrogen-bond donors (Lipinski definition) is 0. The van der Waals surface area contributed by atoms with Crippen molar-refractivity contribution in [2.24, 2.45) is 10.8 Å². The van der Waals surface area contributed by atoms with Gasteiger partial charge < -0.3 is 0 Å². The van der Waals surface area contributed by atoms with E-state index in [1.165, 1.54) is 25.7 Å². The van der Waals surface area contributed by atoms with Crippen molar-refractivity contribution in [2.45, 2.75) is 67.2 Å². The van der Waals surface area contributed by atoms with Crippen LogP contribution in [0.25, 0.3) is 0 Å². The van der Waals surface area contributed by atoms with Crippen molar-refractivity contribution in [2.75, 3.05) is 0 Å². The first-order chi connectivity index (χ1) is 5.43. The van der Waals surface area contributed by atoms with Crippen molar-refractivity contribution in [3.63, 3.8) is 0 Å². The van der Waals surface area contributed by atoms with Crippen molar-refractivity contribution in [1.29, 1.82) is 0 Å². The van der Waals surface area contributed by atoms with Gasteiger partial charge in [-0.05, 0) is 17.3 Å². The molecule has 1 unspecified atom stereocenters. The predicted octanol–water partition coefficient (Wildman–Crippen LogP) is 4.64. The summed E-state index contributed by atoms with van der Waals surface area (Å²) in [5.41, 5.74) is 1.04. The summed E-state index contributed by atoms with van der Waals surface area (Å²) in [5, 5.41) is 0. The van der Waals surface area contributed by atoms with Gasteiger partial charge in [-0.25, -0.2) is 0 Å². The molecule has 0 spiro atoms. The van der Waals surface area contributed by atoms with Gasteiger partial charge in [0, 0.05) is 0 Å². The molecular weight excluding hydrogens is 144 g/mol. The SMILES string of the molecule is CCCC(C)(CC)C(C)(C)CC. The van der Waals surface area contributed by atoms with E-state index in [1.807, 2.05) is 0 Å². The van der Waals surface area contributed by atoms with Gasteiger partial charge >= 0.3 is 0 Å². The van der Waals surface area contributed by atoms with E-state index in [-0.39, 0.29) is 0 Å². The van der Waals surface area contributed by atoms with Gasteiger partial charge in [-0.15, -0.1) is 0 Å². The van der Waals surface area contributed by atoms with E-state index in [1.54, 1.807) is 0 Å². The van der Waals surface area contributed by atoms with Crippen LogP contribution in [0.4, 0.5) is 0 Å². The fourth-order valence-electron chi connectivity index (χ4n) is 1.97. The molecule has 0 saturated carbocycles. The summed E-state index contributed by atoms with van der Waals surface area (Å²) in [5.74, 6) is 0. The van der Waals surface area contributed by atoms with E-state index in [0.717, 1.165) is 0 Å². The van der Waals surface area contributed by atoms with Gasteiger partial charge in [0.05, 0.1) is 0 Å². The average Bonchev–Trinajstić information content (AvgIpc) is 2.04. The smallest absolute Gasteiger partial charge is 0.0277 e. The second kappa shape index (κ2) is 4.30. The maximum atomic E-state index is 2.44. The molecule has 12 heavy (non-hydrogen) atoms. The summed E-state index contributed by atoms with van der Waals surface area (Å²) in [6.45, 7) is 14.2. The summed E-state index contributed by atoms with van der Waals surface area (Å²) < 4.78 is 0. The molecule has 0 aromatic carbocycles. The van der Waals surface area contributed by atoms with Crippen molar-refractivity contribution in [1.82, 2.24) is 0 Å². The highest BCUT2D eigenvalue weighted by molar-refractivity contribution is 4.87. The molecule has 74 valence electrons. The van der Waals surface area contributed by atoms with Crippen molar-refractivity contribution in [3.8, 4) is 0 Å². The first-order valence-corrected chi connectivity index (χ1v) is 5.43. The summed E-state index contributed by atoms with van der Waals surface area (Å²) in [7, 11) is 0. The third-order valence-electron chi connectivity index (χ3n) is 4.10. The lowest BCUT2D eigenvalue weighted by atomic mass is 9.62. The van der Waals surface area contributed by atoms with Crippen molar-refractivity contribution < 1.29 is 0 Å². The maximum absolute atomic E-state index is 2.44. The maximum Gasteiger partial charge on any atom is -0.0277 e. The lowest BCUT2D eigenvalue weighted by Crippen LogP contribution is -2.34. The van der Waals surface area contributed by atoms with E-state index in [0.29, 0.717) is 10.8 Å². The molecule has 0 aromatic rings. The van der Waals surface area contributed by atoms with Crippen LogP contribution < -0.4 is 0 Å². The van der Waals surface area contributed by atoms with Crippen LogP contribution in [-0.2, 0) is 0 Å². The van der Waals surface area contributed by atoms with Gasteiger partial charge in [-0.2, -0.15) is 0 Å². The number of rotatable bonds is 5. The van der Waals surface area contributed by atoms with Gasteiger partial charge in [-0.1, -0.05) is 60.8 Å². The fourth-order valence-corrected chi connectivity index (χ4v) is 1.97. The second-order valence-corrected chi connectivity index (χ2v) is 4.90. The Morgan fingerprint density at radius 1 is 0.833 bits per heavy atom. The highest BCUT2D eigenvalue weighted by atomic mass is 14.4. The van der Waals surface area contributed by atoms with Crippen LogP contribution in [0, 0.1) is 10.8 Å². The Morgan fingerprint density at radius 2 is 1.33 bits per heavy atom. The number of hydrogen-bond acceptors (Lipinski definition) is 0. The quantitative estimate of drug-likeness (QED) is 0.564. The van der Waals surface area contributed by atoms with Crippen LogP contribution in [0.1, 0.15) is 67.2 Å². The minimum Gasteiger partial charge on any atom is -0.0654 e. The standard InChI is InChI=1S/C12H26/c1-7-10-12(6,9-3)11(4,5)8-2/h7-10H2,1-6H3. The van der Waals surface area contributed by atoms with Crippen LogP contribution in [0.5, 0.6) is 0 Å². The van der Waals surface area contributed by atoms with E-state index in [2.05, 4.69) is 41.5 Å². The fraction of sp³-hybridized carbons (Fsp3) is 1.00. The lowest BCUT2D eigenvalue weighted by molar-refractivity contribution is 0.0671. The summed E-state index contributed by atoms with van der Waals surface area (Å²) in [4.78, 5) is 0. The summed E-state index contributed by atoms with van der Waals surface area (Å²) >= 11 is 0. The highest BCUT2D eigenvalue weighted by Gasteiger charge is 2.36. The zero-order valence-corrected chi connectivity index (χ0v) is 9.83. The molecule has 0 rings (SSSR count).